The Kier molecular flexibility index (Phi) is 4.57. The molecule has 0 N–H and O–H groups in total. The Hall–Kier alpha value is -2.48. The Balaban J connectivity index is 1.53. The Morgan fingerprint density at radius 3 is 2.43 bits per heavy atom. The van der Waals surface area contributed by atoms with Crippen molar-refractivity contribution in [1.29, 1.82) is 0 Å². The van der Waals surface area contributed by atoms with Crippen LogP contribution in [0.3, 0.4) is 0 Å². The highest BCUT2D eigenvalue weighted by atomic mass is 32.1. The Morgan fingerprint density at radius 2 is 1.77 bits per heavy atom. The summed E-state index contributed by atoms with van der Waals surface area (Å²) in [5, 5.41) is 0.852. The molecule has 7 nitrogen and oxygen atoms in total. The molecule has 0 aromatic carbocycles. The maximum Gasteiger partial charge on any atom is 0.257 e. The number of aryl methyl sites for hydroxylation is 2. The van der Waals surface area contributed by atoms with E-state index in [2.05, 4.69) is 4.90 Å². The lowest BCUT2D eigenvalue weighted by Gasteiger charge is -2.28. The predicted molar refractivity (Wildman–Crippen MR) is 117 cm³/mol. The first kappa shape index (κ1) is 19.5. The molecule has 0 bridgehead atoms. The van der Waals surface area contributed by atoms with E-state index in [0.29, 0.717) is 12.5 Å². The van der Waals surface area contributed by atoms with Crippen molar-refractivity contribution in [2.75, 3.05) is 36.5 Å². The van der Waals surface area contributed by atoms with E-state index in [1.54, 1.807) is 23.3 Å². The van der Waals surface area contributed by atoms with E-state index in [1.165, 1.54) is 12.8 Å². The van der Waals surface area contributed by atoms with Crippen LogP contribution in [0.2, 0.25) is 0 Å². The molecule has 8 heteroatoms. The molecule has 2 amide bonds. The average Bonchev–Trinajstić information content (AvgIpc) is 3.47. The Bertz CT molecular complexity index is 1040. The number of fused-ring (bicyclic) bond motifs is 3. The summed E-state index contributed by atoms with van der Waals surface area (Å²) in [6.45, 7) is 8.42. The first-order valence-electron chi connectivity index (χ1n) is 10.6. The highest BCUT2D eigenvalue weighted by molar-refractivity contribution is 7.17. The summed E-state index contributed by atoms with van der Waals surface area (Å²) in [6, 6.07) is 0. The quantitative estimate of drug-likeness (QED) is 0.756. The number of hydrogen-bond acceptors (Lipinski definition) is 6. The number of amides is 2. The van der Waals surface area contributed by atoms with Crippen molar-refractivity contribution >= 4 is 34.1 Å². The van der Waals surface area contributed by atoms with Crippen molar-refractivity contribution in [3.05, 3.63) is 33.0 Å². The second kappa shape index (κ2) is 7.04. The number of carbonyl (C=O) groups excluding carboxylic acids is 2. The normalized spacial score (nSPS) is 19.1. The molecule has 5 rings (SSSR count). The maximum absolute atomic E-state index is 13.2. The zero-order valence-electron chi connectivity index (χ0n) is 18.0. The number of carbonyl (C=O) groups is 2. The van der Waals surface area contributed by atoms with Crippen molar-refractivity contribution in [2.24, 2.45) is 5.92 Å². The molecule has 2 aliphatic heterocycles. The molecule has 0 atom stereocenters. The molecule has 0 unspecified atom stereocenters. The number of rotatable bonds is 3. The molecule has 0 radical (unpaired) electrons. The summed E-state index contributed by atoms with van der Waals surface area (Å²) in [6.07, 6.45) is 3.11. The fourth-order valence-corrected chi connectivity index (χ4v) is 5.65. The third-order valence-corrected chi connectivity index (χ3v) is 7.80. The molecule has 1 fully saturated rings. The summed E-state index contributed by atoms with van der Waals surface area (Å²) in [4.78, 5) is 42.3. The molecule has 2 aromatic heterocycles. The number of likely N-dealkylation sites (N-methyl/N-ethyl adjacent to an activating group) is 1. The maximum atomic E-state index is 13.2. The molecule has 1 aliphatic carbocycles. The van der Waals surface area contributed by atoms with Gasteiger partial charge in [-0.05, 0) is 57.1 Å². The van der Waals surface area contributed by atoms with Gasteiger partial charge in [0.05, 0.1) is 12.1 Å². The first-order valence-corrected chi connectivity index (χ1v) is 11.4. The van der Waals surface area contributed by atoms with E-state index in [0.717, 1.165) is 63.4 Å². The van der Waals surface area contributed by atoms with Crippen LogP contribution in [0.4, 0.5) is 10.9 Å². The Morgan fingerprint density at radius 1 is 1.07 bits per heavy atom. The van der Waals surface area contributed by atoms with Gasteiger partial charge in [0.2, 0.25) is 11.9 Å². The van der Waals surface area contributed by atoms with Gasteiger partial charge in [0.25, 0.3) is 5.91 Å². The van der Waals surface area contributed by atoms with Gasteiger partial charge in [-0.2, -0.15) is 0 Å². The average molecular weight is 426 g/mol. The van der Waals surface area contributed by atoms with Crippen LogP contribution in [0, 0.1) is 26.7 Å². The number of anilines is 2. The second-order valence-corrected chi connectivity index (χ2v) is 9.87. The molecular formula is C22H27N5O2S. The lowest BCUT2D eigenvalue weighted by Crippen LogP contribution is -2.38. The SMILES string of the molecule is Cc1nc(N2CCc3c(sc4c3C(=O)N(C)CC(=O)N4CC3CC3)C2)nc(C)c1C. The highest BCUT2D eigenvalue weighted by Crippen LogP contribution is 2.43. The minimum atomic E-state index is -0.0270. The Labute approximate surface area is 180 Å². The monoisotopic (exact) mass is 425 g/mol. The van der Waals surface area contributed by atoms with Crippen LogP contribution < -0.4 is 9.80 Å². The molecule has 0 saturated heterocycles. The van der Waals surface area contributed by atoms with Gasteiger partial charge in [0.15, 0.2) is 0 Å². The van der Waals surface area contributed by atoms with E-state index in [9.17, 15) is 9.59 Å². The number of nitrogens with zero attached hydrogens (tertiary/aromatic N) is 5. The molecule has 1 saturated carbocycles. The first-order chi connectivity index (χ1) is 14.3. The van der Waals surface area contributed by atoms with Crippen LogP contribution in [0.1, 0.15) is 50.6 Å². The summed E-state index contributed by atoms with van der Waals surface area (Å²) < 4.78 is 0. The van der Waals surface area contributed by atoms with Crippen molar-refractivity contribution in [1.82, 2.24) is 14.9 Å². The van der Waals surface area contributed by atoms with Crippen molar-refractivity contribution in [3.63, 3.8) is 0 Å². The van der Waals surface area contributed by atoms with E-state index in [4.69, 9.17) is 9.97 Å². The third-order valence-electron chi connectivity index (χ3n) is 6.56. The highest BCUT2D eigenvalue weighted by Gasteiger charge is 2.39. The molecule has 0 spiro atoms. The minimum Gasteiger partial charge on any atom is -0.335 e. The van der Waals surface area contributed by atoms with Crippen LogP contribution in [-0.2, 0) is 17.8 Å². The largest absolute Gasteiger partial charge is 0.335 e. The number of thiophene rings is 1. The second-order valence-electron chi connectivity index (χ2n) is 8.78. The molecule has 158 valence electrons. The summed E-state index contributed by atoms with van der Waals surface area (Å²) in [5.74, 6) is 1.32. The van der Waals surface area contributed by atoms with Crippen molar-refractivity contribution < 1.29 is 9.59 Å². The van der Waals surface area contributed by atoms with Crippen LogP contribution in [0.15, 0.2) is 0 Å². The lowest BCUT2D eigenvalue weighted by molar-refractivity contribution is -0.119. The predicted octanol–water partition coefficient (Wildman–Crippen LogP) is 2.85. The molecule has 2 aromatic rings. The standard InChI is InChI=1S/C22H27N5O2S/c1-12-13(2)23-22(24-14(12)3)26-8-7-16-17(10-26)30-21-19(16)20(29)25(4)11-18(28)27(21)9-15-5-6-15/h15H,5-11H2,1-4H3. The van der Waals surface area contributed by atoms with E-state index < -0.39 is 0 Å². The van der Waals surface area contributed by atoms with Gasteiger partial charge in [0, 0.05) is 36.4 Å². The fraction of sp³-hybridized carbons (Fsp3) is 0.545. The molecule has 3 aliphatic rings. The summed E-state index contributed by atoms with van der Waals surface area (Å²) in [5.41, 5.74) is 4.99. The van der Waals surface area contributed by atoms with Gasteiger partial charge in [-0.3, -0.25) is 9.59 Å². The van der Waals surface area contributed by atoms with Crippen LogP contribution in [0.5, 0.6) is 0 Å². The van der Waals surface area contributed by atoms with Crippen LogP contribution in [-0.4, -0.2) is 53.4 Å². The van der Waals surface area contributed by atoms with Gasteiger partial charge in [-0.1, -0.05) is 0 Å². The summed E-state index contributed by atoms with van der Waals surface area (Å²) >= 11 is 1.61. The fourth-order valence-electron chi connectivity index (χ4n) is 4.27. The van der Waals surface area contributed by atoms with Crippen molar-refractivity contribution in [3.8, 4) is 0 Å². The zero-order valence-corrected chi connectivity index (χ0v) is 18.8. The third kappa shape index (κ3) is 3.17. The van der Waals surface area contributed by atoms with E-state index in [1.807, 2.05) is 25.7 Å². The van der Waals surface area contributed by atoms with Gasteiger partial charge in [0.1, 0.15) is 11.5 Å². The molecule has 30 heavy (non-hydrogen) atoms. The van der Waals surface area contributed by atoms with E-state index >= 15 is 0 Å². The van der Waals surface area contributed by atoms with Gasteiger partial charge < -0.3 is 14.7 Å². The van der Waals surface area contributed by atoms with E-state index in [-0.39, 0.29) is 18.4 Å². The van der Waals surface area contributed by atoms with Gasteiger partial charge in [-0.25, -0.2) is 9.97 Å². The van der Waals surface area contributed by atoms with Crippen molar-refractivity contribution in [2.45, 2.75) is 46.6 Å². The van der Waals surface area contributed by atoms with Crippen LogP contribution >= 0.6 is 11.3 Å². The van der Waals surface area contributed by atoms with Crippen LogP contribution in [0.25, 0.3) is 0 Å². The van der Waals surface area contributed by atoms with Gasteiger partial charge in [-0.15, -0.1) is 11.3 Å². The lowest BCUT2D eigenvalue weighted by atomic mass is 10.0. The topological polar surface area (TPSA) is 69.6 Å². The summed E-state index contributed by atoms with van der Waals surface area (Å²) in [7, 11) is 1.73. The minimum absolute atomic E-state index is 0.0270. The molecular weight excluding hydrogens is 398 g/mol. The smallest absolute Gasteiger partial charge is 0.257 e. The van der Waals surface area contributed by atoms with Gasteiger partial charge >= 0.3 is 0 Å². The number of aromatic nitrogens is 2. The molecule has 4 heterocycles. The zero-order chi connectivity index (χ0) is 21.2. The number of hydrogen-bond donors (Lipinski definition) is 0.